The molecule has 0 aliphatic rings. The van der Waals surface area contributed by atoms with E-state index in [1.165, 1.54) is 12.5 Å². The van der Waals surface area contributed by atoms with Crippen LogP contribution in [-0.4, -0.2) is 8.11 Å². The molecule has 2 heteroatoms. The maximum Gasteiger partial charge on any atom is 0.164 e. The maximum absolute atomic E-state index is 5.93. The van der Waals surface area contributed by atoms with E-state index in [0.717, 1.165) is 0 Å². The maximum atomic E-state index is 5.93. The molecule has 0 aliphatic heterocycles. The summed E-state index contributed by atoms with van der Waals surface area (Å²) in [5, 5.41) is 0. The Labute approximate surface area is 57.9 Å². The van der Waals surface area contributed by atoms with E-state index in [1.807, 2.05) is 6.92 Å². The molecule has 1 unspecified atom stereocenters. The summed E-state index contributed by atoms with van der Waals surface area (Å²) in [5.41, 5.74) is 2.16. The lowest BCUT2D eigenvalue weighted by Gasteiger charge is -1.94. The summed E-state index contributed by atoms with van der Waals surface area (Å²) >= 11 is 5.93. The molecule has 0 aliphatic carbocycles. The summed E-state index contributed by atoms with van der Waals surface area (Å²) in [5.74, 6) is 0. The third-order valence-corrected chi connectivity index (χ3v) is 3.99. The quantitative estimate of drug-likeness (QED) is 0.426. The molecule has 0 aromatic rings. The van der Waals surface area contributed by atoms with Gasteiger partial charge in [-0.1, -0.05) is 25.1 Å². The van der Waals surface area contributed by atoms with Crippen molar-refractivity contribution in [2.24, 2.45) is 0 Å². The third-order valence-electron chi connectivity index (χ3n) is 0.966. The largest absolute Gasteiger partial charge is 0.166 e. The van der Waals surface area contributed by atoms with Gasteiger partial charge in [-0.2, -0.15) is 11.1 Å². The first-order chi connectivity index (χ1) is 3.81. The Morgan fingerprint density at radius 1 is 1.62 bits per heavy atom. The van der Waals surface area contributed by atoms with E-state index < -0.39 is 8.11 Å². The number of allylic oxidation sites excluding steroid dienone is 1. The molecule has 0 rings (SSSR count). The van der Waals surface area contributed by atoms with Crippen molar-refractivity contribution in [2.75, 3.05) is 0 Å². The lowest BCUT2D eigenvalue weighted by Crippen LogP contribution is -1.95. The van der Waals surface area contributed by atoms with Crippen molar-refractivity contribution in [1.82, 2.24) is 0 Å². The second-order valence-corrected chi connectivity index (χ2v) is 5.51. The zero-order valence-electron chi connectivity index (χ0n) is 5.52. The molecule has 1 atom stereocenters. The highest BCUT2D eigenvalue weighted by molar-refractivity contribution is 7.09. The molecule has 0 nitrogen and oxygen atoms in total. The van der Waals surface area contributed by atoms with Gasteiger partial charge >= 0.3 is 0 Å². The SMILES string of the molecule is CC=C[SiH](Cl)CCC. The Morgan fingerprint density at radius 2 is 2.25 bits per heavy atom. The topological polar surface area (TPSA) is 0 Å². The molecule has 0 amide bonds. The number of hydrogen-bond donors (Lipinski definition) is 0. The Balaban J connectivity index is 3.17. The normalized spacial score (nSPS) is 14.9. The molecule has 48 valence electrons. The molecule has 0 spiro atoms. The Kier molecular flexibility index (Phi) is 5.55. The third kappa shape index (κ3) is 4.41. The van der Waals surface area contributed by atoms with E-state index in [1.54, 1.807) is 0 Å². The van der Waals surface area contributed by atoms with E-state index in [-0.39, 0.29) is 0 Å². The van der Waals surface area contributed by atoms with Crippen LogP contribution in [0.15, 0.2) is 11.8 Å². The first kappa shape index (κ1) is 8.25. The van der Waals surface area contributed by atoms with Crippen molar-refractivity contribution in [3.8, 4) is 0 Å². The summed E-state index contributed by atoms with van der Waals surface area (Å²) in [6.07, 6.45) is 3.28. The van der Waals surface area contributed by atoms with Crippen molar-refractivity contribution >= 4 is 19.2 Å². The van der Waals surface area contributed by atoms with Crippen LogP contribution < -0.4 is 0 Å². The van der Waals surface area contributed by atoms with Gasteiger partial charge in [0, 0.05) is 0 Å². The Morgan fingerprint density at radius 3 is 2.62 bits per heavy atom. The Bertz CT molecular complexity index is 70.9. The summed E-state index contributed by atoms with van der Waals surface area (Å²) < 4.78 is 0. The second kappa shape index (κ2) is 5.38. The molecule has 0 heterocycles. The summed E-state index contributed by atoms with van der Waals surface area (Å²) in [4.78, 5) is 0. The van der Waals surface area contributed by atoms with Crippen molar-refractivity contribution in [2.45, 2.75) is 26.3 Å². The van der Waals surface area contributed by atoms with Crippen molar-refractivity contribution in [3.05, 3.63) is 11.8 Å². The van der Waals surface area contributed by atoms with Crippen LogP contribution in [0.1, 0.15) is 20.3 Å². The monoisotopic (exact) mass is 148 g/mol. The van der Waals surface area contributed by atoms with Crippen LogP contribution in [0.25, 0.3) is 0 Å². The van der Waals surface area contributed by atoms with Gasteiger partial charge in [0.15, 0.2) is 8.11 Å². The molecular formula is C6H13ClSi. The van der Waals surface area contributed by atoms with Gasteiger partial charge in [-0.15, -0.1) is 0 Å². The predicted octanol–water partition coefficient (Wildman–Crippen LogP) is 2.47. The average molecular weight is 149 g/mol. The molecule has 0 aromatic carbocycles. The van der Waals surface area contributed by atoms with Gasteiger partial charge in [0.1, 0.15) is 0 Å². The van der Waals surface area contributed by atoms with Crippen LogP contribution >= 0.6 is 11.1 Å². The Hall–Kier alpha value is 0.247. The molecule has 0 fully saturated rings. The van der Waals surface area contributed by atoms with Crippen LogP contribution in [-0.2, 0) is 0 Å². The van der Waals surface area contributed by atoms with Crippen LogP contribution in [0.5, 0.6) is 0 Å². The highest BCUT2D eigenvalue weighted by Crippen LogP contribution is 2.01. The minimum atomic E-state index is -0.910. The van der Waals surface area contributed by atoms with Crippen LogP contribution in [0.2, 0.25) is 6.04 Å². The van der Waals surface area contributed by atoms with Crippen molar-refractivity contribution in [1.29, 1.82) is 0 Å². The first-order valence-corrected chi connectivity index (χ1v) is 6.31. The predicted molar refractivity (Wildman–Crippen MR) is 42.9 cm³/mol. The fraction of sp³-hybridized carbons (Fsp3) is 0.667. The molecule has 0 aromatic heterocycles. The molecule has 8 heavy (non-hydrogen) atoms. The van der Waals surface area contributed by atoms with Crippen molar-refractivity contribution in [3.63, 3.8) is 0 Å². The number of halogens is 1. The number of hydrogen-bond acceptors (Lipinski definition) is 0. The van der Waals surface area contributed by atoms with E-state index >= 15 is 0 Å². The average Bonchev–Trinajstić information content (AvgIpc) is 1.68. The zero-order chi connectivity index (χ0) is 6.41. The van der Waals surface area contributed by atoms with Gasteiger partial charge < -0.3 is 0 Å². The zero-order valence-corrected chi connectivity index (χ0v) is 7.43. The molecule has 0 saturated heterocycles. The fourth-order valence-electron chi connectivity index (χ4n) is 0.581. The van der Waals surface area contributed by atoms with Crippen molar-refractivity contribution < 1.29 is 0 Å². The molecular weight excluding hydrogens is 136 g/mol. The fourth-order valence-corrected chi connectivity index (χ4v) is 2.83. The lowest BCUT2D eigenvalue weighted by molar-refractivity contribution is 1.07. The molecule has 0 radical (unpaired) electrons. The number of rotatable bonds is 3. The van der Waals surface area contributed by atoms with Gasteiger partial charge in [-0.05, 0) is 13.0 Å². The summed E-state index contributed by atoms with van der Waals surface area (Å²) in [7, 11) is -0.910. The summed E-state index contributed by atoms with van der Waals surface area (Å²) in [6.45, 7) is 4.20. The van der Waals surface area contributed by atoms with E-state index in [2.05, 4.69) is 18.7 Å². The molecule has 0 saturated carbocycles. The van der Waals surface area contributed by atoms with Crippen LogP contribution in [0, 0.1) is 0 Å². The smallest absolute Gasteiger partial charge is 0.164 e. The summed E-state index contributed by atoms with van der Waals surface area (Å²) in [6, 6.07) is 1.23. The van der Waals surface area contributed by atoms with E-state index in [9.17, 15) is 0 Å². The minimum Gasteiger partial charge on any atom is -0.166 e. The van der Waals surface area contributed by atoms with Gasteiger partial charge in [0.2, 0.25) is 0 Å². The highest BCUT2D eigenvalue weighted by Gasteiger charge is 1.96. The van der Waals surface area contributed by atoms with E-state index in [4.69, 9.17) is 11.1 Å². The molecule has 0 N–H and O–H groups in total. The minimum absolute atomic E-state index is 0.910. The molecule has 0 bridgehead atoms. The van der Waals surface area contributed by atoms with Crippen LogP contribution in [0.3, 0.4) is 0 Å². The standard InChI is InChI=1S/C6H13ClSi/c1-3-5-8(7)6-4-2/h3,5,8H,4,6H2,1-2H3. The van der Waals surface area contributed by atoms with Gasteiger partial charge in [-0.3, -0.25) is 0 Å². The first-order valence-electron chi connectivity index (χ1n) is 3.08. The van der Waals surface area contributed by atoms with Crippen LogP contribution in [0.4, 0.5) is 0 Å². The van der Waals surface area contributed by atoms with Gasteiger partial charge in [-0.25, -0.2) is 0 Å². The second-order valence-electron chi connectivity index (χ2n) is 1.83. The van der Waals surface area contributed by atoms with Gasteiger partial charge in [0.25, 0.3) is 0 Å². The lowest BCUT2D eigenvalue weighted by atomic mass is 10.6. The highest BCUT2D eigenvalue weighted by atomic mass is 35.6. The van der Waals surface area contributed by atoms with E-state index in [0.29, 0.717) is 0 Å². The van der Waals surface area contributed by atoms with Gasteiger partial charge in [0.05, 0.1) is 0 Å².